The molecule has 10 rings (SSSR count). The standard InChI is InChI=1S/C44H62N6O6.C34H33F7N2O2/c1-34(2)50(28-14-27-47(3)42(52)33-55-5)43(53)36-20-22-37(23-21-36)45-26-13-7-10-19-41(51)48(4)31-32-49-29-24-38(25-30-49)56-44(54)46-40-18-12-11-17-39(40)35-15-8-6-9-16-35;1-22-16-23-4-2-3-5-29(23)31(22)10-13-42(14-11-31)15-12-32(25-6-8-28(35)9-7-25)20-43(21-45-32)30(44)24-17-26(33(36,37)38)19-27(18-24)34(39,40)41/h6,8-9,11-12,15-18,20-23,34,38,45H,7,10,13-14,19,24-33H2,1-5H3,(H,46,54);2-9,17-19,22H,10-16,20-21H2,1H3/t;22-,32-/m.0/s1. The molecule has 544 valence electrons. The molecule has 0 saturated carbocycles. The molecule has 2 atom stereocenters. The Kier molecular flexibility index (Phi) is 26.6. The summed E-state index contributed by atoms with van der Waals surface area (Å²) < 4.78 is 112. The number of methoxy groups -OCH3 is 1. The number of amides is 5. The van der Waals surface area contributed by atoms with E-state index in [0.717, 1.165) is 118 Å². The van der Waals surface area contributed by atoms with E-state index in [4.69, 9.17) is 14.2 Å². The minimum Gasteiger partial charge on any atom is -0.446 e. The maximum Gasteiger partial charge on any atom is 0.416 e. The number of fused-ring (bicyclic) bond motifs is 2. The lowest BCUT2D eigenvalue weighted by atomic mass is 9.68. The zero-order valence-corrected chi connectivity index (χ0v) is 58.7. The Hall–Kier alpha value is -8.38. The Bertz CT molecular complexity index is 3680. The monoisotopic (exact) mass is 1400 g/mol. The summed E-state index contributed by atoms with van der Waals surface area (Å²) in [4.78, 5) is 75.2. The van der Waals surface area contributed by atoms with E-state index in [-0.39, 0.29) is 61.2 Å². The zero-order valence-electron chi connectivity index (χ0n) is 58.7. The highest BCUT2D eigenvalue weighted by Crippen LogP contribution is 2.50. The van der Waals surface area contributed by atoms with Gasteiger partial charge in [-0.2, -0.15) is 26.3 Å². The summed E-state index contributed by atoms with van der Waals surface area (Å²) in [5.41, 5.74) is 2.84. The number of para-hydroxylation sites is 1. The molecule has 3 fully saturated rings. The predicted molar refractivity (Wildman–Crippen MR) is 376 cm³/mol. The van der Waals surface area contributed by atoms with E-state index < -0.39 is 52.5 Å². The van der Waals surface area contributed by atoms with Crippen molar-refractivity contribution >= 4 is 41.1 Å². The molecular weight excluding hydrogens is 1310 g/mol. The largest absolute Gasteiger partial charge is 0.446 e. The third kappa shape index (κ3) is 20.5. The molecule has 101 heavy (non-hydrogen) atoms. The van der Waals surface area contributed by atoms with Crippen molar-refractivity contribution in [3.05, 3.63) is 190 Å². The first-order valence-electron chi connectivity index (χ1n) is 35.0. The fourth-order valence-corrected chi connectivity index (χ4v) is 14.2. The number of hydrogen-bond donors (Lipinski definition) is 2. The lowest BCUT2D eigenvalue weighted by molar-refractivity contribution is -0.143. The van der Waals surface area contributed by atoms with E-state index in [2.05, 4.69) is 51.6 Å². The van der Waals surface area contributed by atoms with Crippen LogP contribution in [0.4, 0.5) is 46.9 Å². The molecule has 5 amide bonds. The van der Waals surface area contributed by atoms with Crippen LogP contribution in [0.15, 0.2) is 146 Å². The van der Waals surface area contributed by atoms with Gasteiger partial charge in [0.1, 0.15) is 30.9 Å². The van der Waals surface area contributed by atoms with Gasteiger partial charge in [0.25, 0.3) is 11.8 Å². The Labute approximate surface area is 588 Å². The molecule has 23 heteroatoms. The molecule has 3 saturated heterocycles. The molecule has 0 radical (unpaired) electrons. The van der Waals surface area contributed by atoms with E-state index >= 15 is 0 Å². The highest BCUT2D eigenvalue weighted by molar-refractivity contribution is 5.96. The third-order valence-electron chi connectivity index (χ3n) is 20.3. The van der Waals surface area contributed by atoms with E-state index in [0.29, 0.717) is 74.6 Å². The molecule has 2 N–H and O–H groups in total. The third-order valence-corrected chi connectivity index (χ3v) is 20.3. The van der Waals surface area contributed by atoms with E-state index in [9.17, 15) is 54.7 Å². The van der Waals surface area contributed by atoms with E-state index in [1.54, 1.807) is 11.9 Å². The molecule has 1 aliphatic carbocycles. The van der Waals surface area contributed by atoms with Crippen LogP contribution >= 0.6 is 0 Å². The van der Waals surface area contributed by atoms with Crippen molar-refractivity contribution in [2.45, 2.75) is 127 Å². The normalized spacial score (nSPS) is 17.8. The molecule has 4 aliphatic rings. The number of likely N-dealkylation sites (N-methyl/N-ethyl adjacent to an activating group) is 2. The van der Waals surface area contributed by atoms with E-state index in [1.165, 1.54) is 42.5 Å². The van der Waals surface area contributed by atoms with Gasteiger partial charge in [-0.25, -0.2) is 9.18 Å². The van der Waals surface area contributed by atoms with Gasteiger partial charge in [-0.15, -0.1) is 0 Å². The number of likely N-dealkylation sites (tertiary alicyclic amines) is 2. The Morgan fingerprint density at radius 1 is 0.683 bits per heavy atom. The summed E-state index contributed by atoms with van der Waals surface area (Å²) in [5.74, 6) is -0.904. The molecule has 16 nitrogen and oxygen atoms in total. The molecule has 3 heterocycles. The number of nitrogens with one attached hydrogen (secondary N) is 2. The summed E-state index contributed by atoms with van der Waals surface area (Å²) >= 11 is 0. The van der Waals surface area contributed by atoms with Gasteiger partial charge in [-0.05, 0) is 174 Å². The number of halogens is 7. The van der Waals surface area contributed by atoms with Crippen molar-refractivity contribution < 1.29 is 68.9 Å². The number of anilines is 2. The van der Waals surface area contributed by atoms with Gasteiger partial charge in [-0.3, -0.25) is 24.5 Å². The van der Waals surface area contributed by atoms with Crippen LogP contribution in [0.5, 0.6) is 0 Å². The van der Waals surface area contributed by atoms with Crippen LogP contribution in [0.25, 0.3) is 11.1 Å². The fraction of sp³-hybridized carbons (Fsp3) is 0.474. The maximum absolute atomic E-state index is 13.9. The van der Waals surface area contributed by atoms with Crippen LogP contribution in [-0.4, -0.2) is 178 Å². The first kappa shape index (κ1) is 76.8. The van der Waals surface area contributed by atoms with Crippen LogP contribution < -0.4 is 10.6 Å². The number of carbonyl (C=O) groups excluding carboxylic acids is 5. The summed E-state index contributed by atoms with van der Waals surface area (Å²) in [6.07, 6.45) is -1.88. The van der Waals surface area contributed by atoms with Crippen molar-refractivity contribution in [1.82, 2.24) is 29.4 Å². The second-order valence-electron chi connectivity index (χ2n) is 27.4. The highest BCUT2D eigenvalue weighted by Gasteiger charge is 2.48. The van der Waals surface area contributed by atoms with Crippen LogP contribution in [0.3, 0.4) is 0 Å². The maximum atomic E-state index is 13.9. The molecule has 0 aromatic heterocycles. The first-order chi connectivity index (χ1) is 48.2. The van der Waals surface area contributed by atoms with Gasteiger partial charge >= 0.3 is 18.4 Å². The first-order valence-corrected chi connectivity index (χ1v) is 35.0. The quantitative estimate of drug-likeness (QED) is 0.0394. The topological polar surface area (TPSA) is 157 Å². The second kappa shape index (κ2) is 35.0. The van der Waals surface area contributed by atoms with Crippen molar-refractivity contribution in [2.24, 2.45) is 5.92 Å². The predicted octanol–water partition coefficient (Wildman–Crippen LogP) is 14.6. The number of piperidine rings is 2. The van der Waals surface area contributed by atoms with Gasteiger partial charge < -0.3 is 48.9 Å². The van der Waals surface area contributed by atoms with Crippen LogP contribution in [-0.2, 0) is 53.6 Å². The lowest BCUT2D eigenvalue weighted by Crippen LogP contribution is -2.46. The molecule has 0 bridgehead atoms. The average molecular weight is 1410 g/mol. The fourth-order valence-electron chi connectivity index (χ4n) is 14.2. The van der Waals surface area contributed by atoms with Gasteiger partial charge in [0.05, 0.1) is 23.4 Å². The molecule has 6 aromatic rings. The smallest absolute Gasteiger partial charge is 0.416 e. The number of rotatable bonds is 26. The lowest BCUT2D eigenvalue weighted by Gasteiger charge is -2.44. The van der Waals surface area contributed by atoms with Gasteiger partial charge in [0, 0.05) is 114 Å². The second-order valence-corrected chi connectivity index (χ2v) is 27.4. The number of benzene rings is 6. The number of ether oxygens (including phenoxy) is 3. The van der Waals surface area contributed by atoms with Crippen molar-refractivity contribution in [3.63, 3.8) is 0 Å². The van der Waals surface area contributed by atoms with Gasteiger partial charge in [-0.1, -0.05) is 98.3 Å². The SMILES string of the molecule is COCC(=O)N(C)CCCN(C(=O)c1ccc(NCCCCCC(=O)N(C)CCN2CCC(OC(=O)Nc3ccccc3-c3ccccc3)CC2)cc1)C(C)C.C[C@H]1Cc2ccccc2C12CCN(CC[C@@]1(c3ccc(F)cc3)CN(C(=O)c3cc(C(F)(F)F)cc(C(F)(F)F)c3)CO1)CC2. The van der Waals surface area contributed by atoms with Crippen LogP contribution in [0.2, 0.25) is 0 Å². The van der Waals surface area contributed by atoms with Crippen LogP contribution in [0.1, 0.15) is 134 Å². The minimum atomic E-state index is -5.08. The Morgan fingerprint density at radius 2 is 1.32 bits per heavy atom. The molecule has 3 aliphatic heterocycles. The number of unbranched alkanes of at least 4 members (excludes halogenated alkanes) is 2. The van der Waals surface area contributed by atoms with E-state index in [1.807, 2.05) is 110 Å². The van der Waals surface area contributed by atoms with Gasteiger partial charge in [0.15, 0.2) is 0 Å². The minimum absolute atomic E-state index is 0.00621. The Morgan fingerprint density at radius 3 is 1.98 bits per heavy atom. The van der Waals surface area contributed by atoms with Gasteiger partial charge in [0.2, 0.25) is 11.8 Å². The number of alkyl halides is 6. The molecular formula is C78H95F7N8O8. The summed E-state index contributed by atoms with van der Waals surface area (Å²) in [7, 11) is 5.12. The Balaban J connectivity index is 0.000000240. The van der Waals surface area contributed by atoms with Crippen molar-refractivity contribution in [2.75, 3.05) is 117 Å². The highest BCUT2D eigenvalue weighted by atomic mass is 19.4. The molecule has 0 unspecified atom stereocenters. The van der Waals surface area contributed by atoms with Crippen molar-refractivity contribution in [1.29, 1.82) is 0 Å². The summed E-state index contributed by atoms with van der Waals surface area (Å²) in [5, 5.41) is 6.36. The molecule has 6 aromatic carbocycles. The number of nitrogens with zero attached hydrogens (tertiary/aromatic N) is 6. The zero-order chi connectivity index (χ0) is 72.5. The summed E-state index contributed by atoms with van der Waals surface area (Å²) in [6.45, 7) is 13.2. The van der Waals surface area contributed by atoms with Crippen LogP contribution in [0, 0.1) is 11.7 Å². The number of hydrogen-bond acceptors (Lipinski definition) is 11. The van der Waals surface area contributed by atoms with Crippen molar-refractivity contribution in [3.8, 4) is 11.1 Å². The number of carbonyl (C=O) groups is 5. The summed E-state index contributed by atoms with van der Waals surface area (Å²) in [6, 6.07) is 40.4. The average Bonchev–Trinajstić information content (AvgIpc) is 1.61. The molecule has 1 spiro atoms.